The minimum Gasteiger partial charge on any atom is -0.321 e. The molecule has 0 bridgehead atoms. The molecular formula is C12H12ClN3O. The number of halogens is 1. The van der Waals surface area contributed by atoms with Crippen LogP contribution in [0.3, 0.4) is 0 Å². The third-order valence-corrected chi connectivity index (χ3v) is 2.70. The molecular weight excluding hydrogens is 238 g/mol. The highest BCUT2D eigenvalue weighted by atomic mass is 35.5. The average molecular weight is 250 g/mol. The van der Waals surface area contributed by atoms with Gasteiger partial charge < -0.3 is 5.32 Å². The first-order valence-electron chi connectivity index (χ1n) is 5.14. The quantitative estimate of drug-likeness (QED) is 0.889. The highest BCUT2D eigenvalue weighted by Crippen LogP contribution is 2.14. The van der Waals surface area contributed by atoms with E-state index in [1.165, 1.54) is 0 Å². The molecule has 0 atom stereocenters. The van der Waals surface area contributed by atoms with E-state index >= 15 is 0 Å². The number of carbonyl (C=O) groups excluding carboxylic acids is 1. The van der Waals surface area contributed by atoms with E-state index in [2.05, 4.69) is 10.4 Å². The summed E-state index contributed by atoms with van der Waals surface area (Å²) in [5, 5.41) is 7.49. The number of carbonyl (C=O) groups is 1. The maximum atomic E-state index is 11.8. The molecule has 4 nitrogen and oxygen atoms in total. The largest absolute Gasteiger partial charge is 0.321 e. The molecule has 0 fully saturated rings. The molecule has 1 heterocycles. The van der Waals surface area contributed by atoms with Gasteiger partial charge >= 0.3 is 0 Å². The number of anilines is 1. The van der Waals surface area contributed by atoms with Gasteiger partial charge in [-0.25, -0.2) is 0 Å². The predicted octanol–water partition coefficient (Wildman–Crippen LogP) is 2.63. The van der Waals surface area contributed by atoms with Crippen molar-refractivity contribution in [2.45, 2.75) is 6.92 Å². The molecule has 1 amide bonds. The SMILES string of the molecule is Cc1cc(C(=O)Nc2ccc(Cl)cc2)nn1C. The van der Waals surface area contributed by atoms with Gasteiger partial charge in [0, 0.05) is 23.5 Å². The van der Waals surface area contributed by atoms with Crippen LogP contribution < -0.4 is 5.32 Å². The molecule has 0 aliphatic rings. The number of nitrogens with zero attached hydrogens (tertiary/aromatic N) is 2. The van der Waals surface area contributed by atoms with Crippen molar-refractivity contribution in [2.24, 2.45) is 7.05 Å². The lowest BCUT2D eigenvalue weighted by molar-refractivity contribution is 0.102. The number of amides is 1. The van der Waals surface area contributed by atoms with Crippen LogP contribution in [0.2, 0.25) is 5.02 Å². The Morgan fingerprint density at radius 3 is 2.53 bits per heavy atom. The van der Waals surface area contributed by atoms with E-state index in [0.29, 0.717) is 16.4 Å². The van der Waals surface area contributed by atoms with Gasteiger partial charge in [0.05, 0.1) is 0 Å². The van der Waals surface area contributed by atoms with Crippen molar-refractivity contribution < 1.29 is 4.79 Å². The Hall–Kier alpha value is -1.81. The zero-order chi connectivity index (χ0) is 12.4. The Morgan fingerprint density at radius 1 is 1.35 bits per heavy atom. The van der Waals surface area contributed by atoms with Gasteiger partial charge in [-0.3, -0.25) is 9.48 Å². The van der Waals surface area contributed by atoms with Crippen LogP contribution in [0.1, 0.15) is 16.2 Å². The van der Waals surface area contributed by atoms with E-state index < -0.39 is 0 Å². The van der Waals surface area contributed by atoms with Crippen LogP contribution >= 0.6 is 11.6 Å². The summed E-state index contributed by atoms with van der Waals surface area (Å²) in [5.41, 5.74) is 2.04. The number of aryl methyl sites for hydroxylation is 2. The van der Waals surface area contributed by atoms with Crippen molar-refractivity contribution in [1.29, 1.82) is 0 Å². The van der Waals surface area contributed by atoms with Gasteiger partial charge in [0.2, 0.25) is 0 Å². The summed E-state index contributed by atoms with van der Waals surface area (Å²) >= 11 is 5.76. The minimum atomic E-state index is -0.226. The maximum Gasteiger partial charge on any atom is 0.276 e. The second-order valence-electron chi connectivity index (χ2n) is 3.76. The molecule has 0 unspecified atom stereocenters. The average Bonchev–Trinajstić information content (AvgIpc) is 2.63. The highest BCUT2D eigenvalue weighted by molar-refractivity contribution is 6.30. The van der Waals surface area contributed by atoms with Crippen molar-refractivity contribution in [3.8, 4) is 0 Å². The molecule has 1 N–H and O–H groups in total. The Bertz CT molecular complexity index is 526. The van der Waals surface area contributed by atoms with Gasteiger partial charge in [-0.15, -0.1) is 0 Å². The minimum absolute atomic E-state index is 0.226. The molecule has 0 spiro atoms. The summed E-state index contributed by atoms with van der Waals surface area (Å²) in [6.07, 6.45) is 0. The third kappa shape index (κ3) is 2.65. The Balaban J connectivity index is 2.14. The zero-order valence-corrected chi connectivity index (χ0v) is 10.3. The molecule has 1 aromatic carbocycles. The van der Waals surface area contributed by atoms with Crippen LogP contribution in [-0.4, -0.2) is 15.7 Å². The molecule has 0 saturated heterocycles. The number of hydrogen-bond acceptors (Lipinski definition) is 2. The number of aromatic nitrogens is 2. The molecule has 88 valence electrons. The molecule has 17 heavy (non-hydrogen) atoms. The van der Waals surface area contributed by atoms with Gasteiger partial charge in [0.25, 0.3) is 5.91 Å². The Morgan fingerprint density at radius 2 is 2.00 bits per heavy atom. The van der Waals surface area contributed by atoms with E-state index in [1.807, 2.05) is 6.92 Å². The molecule has 2 aromatic rings. The molecule has 0 radical (unpaired) electrons. The van der Waals surface area contributed by atoms with E-state index in [1.54, 1.807) is 42.1 Å². The second-order valence-corrected chi connectivity index (χ2v) is 4.19. The monoisotopic (exact) mass is 249 g/mol. The highest BCUT2D eigenvalue weighted by Gasteiger charge is 2.10. The fraction of sp³-hybridized carbons (Fsp3) is 0.167. The van der Waals surface area contributed by atoms with E-state index in [0.717, 1.165) is 5.69 Å². The fourth-order valence-electron chi connectivity index (χ4n) is 1.40. The summed E-state index contributed by atoms with van der Waals surface area (Å²) in [5.74, 6) is -0.226. The van der Waals surface area contributed by atoms with Crippen LogP contribution in [0.5, 0.6) is 0 Å². The van der Waals surface area contributed by atoms with Crippen molar-refractivity contribution in [3.05, 3.63) is 46.7 Å². The van der Waals surface area contributed by atoms with Gasteiger partial charge in [-0.05, 0) is 37.3 Å². The first-order valence-corrected chi connectivity index (χ1v) is 5.51. The van der Waals surface area contributed by atoms with Gasteiger partial charge in [-0.2, -0.15) is 5.10 Å². The number of nitrogens with one attached hydrogen (secondary N) is 1. The molecule has 0 saturated carbocycles. The topological polar surface area (TPSA) is 46.9 Å². The zero-order valence-electron chi connectivity index (χ0n) is 9.57. The summed E-state index contributed by atoms with van der Waals surface area (Å²) in [4.78, 5) is 11.8. The lowest BCUT2D eigenvalue weighted by atomic mass is 10.3. The molecule has 0 aliphatic carbocycles. The number of rotatable bonds is 2. The summed E-state index contributed by atoms with van der Waals surface area (Å²) in [6, 6.07) is 8.68. The van der Waals surface area contributed by atoms with Gasteiger partial charge in [-0.1, -0.05) is 11.6 Å². The summed E-state index contributed by atoms with van der Waals surface area (Å²) < 4.78 is 1.66. The van der Waals surface area contributed by atoms with E-state index in [9.17, 15) is 4.79 Å². The van der Waals surface area contributed by atoms with E-state index in [-0.39, 0.29) is 5.91 Å². The number of benzene rings is 1. The lowest BCUT2D eigenvalue weighted by Gasteiger charge is -2.02. The van der Waals surface area contributed by atoms with Gasteiger partial charge in [0.1, 0.15) is 0 Å². The molecule has 0 aliphatic heterocycles. The van der Waals surface area contributed by atoms with Gasteiger partial charge in [0.15, 0.2) is 5.69 Å². The molecule has 2 rings (SSSR count). The van der Waals surface area contributed by atoms with Crippen LogP contribution in [0, 0.1) is 6.92 Å². The Labute approximate surface area is 104 Å². The number of hydrogen-bond donors (Lipinski definition) is 1. The second kappa shape index (κ2) is 4.59. The van der Waals surface area contributed by atoms with Crippen LogP contribution in [0.25, 0.3) is 0 Å². The third-order valence-electron chi connectivity index (χ3n) is 2.45. The first kappa shape index (κ1) is 11.7. The van der Waals surface area contributed by atoms with Crippen molar-refractivity contribution >= 4 is 23.2 Å². The molecule has 5 heteroatoms. The Kier molecular flexibility index (Phi) is 3.15. The van der Waals surface area contributed by atoms with Crippen molar-refractivity contribution in [2.75, 3.05) is 5.32 Å². The smallest absolute Gasteiger partial charge is 0.276 e. The maximum absolute atomic E-state index is 11.8. The van der Waals surface area contributed by atoms with E-state index in [4.69, 9.17) is 11.6 Å². The van der Waals surface area contributed by atoms with Crippen molar-refractivity contribution in [3.63, 3.8) is 0 Å². The summed E-state index contributed by atoms with van der Waals surface area (Å²) in [6.45, 7) is 1.89. The predicted molar refractivity (Wildman–Crippen MR) is 67.4 cm³/mol. The first-order chi connectivity index (χ1) is 8.06. The lowest BCUT2D eigenvalue weighted by Crippen LogP contribution is -2.12. The van der Waals surface area contributed by atoms with Crippen LogP contribution in [0.15, 0.2) is 30.3 Å². The van der Waals surface area contributed by atoms with Crippen LogP contribution in [-0.2, 0) is 7.05 Å². The normalized spacial score (nSPS) is 10.3. The fourth-order valence-corrected chi connectivity index (χ4v) is 1.53. The standard InChI is InChI=1S/C12H12ClN3O/c1-8-7-11(15-16(8)2)12(17)14-10-5-3-9(13)4-6-10/h3-7H,1-2H3,(H,14,17). The molecule has 1 aromatic heterocycles. The van der Waals surface area contributed by atoms with Crippen LogP contribution in [0.4, 0.5) is 5.69 Å². The van der Waals surface area contributed by atoms with Crippen molar-refractivity contribution in [1.82, 2.24) is 9.78 Å². The summed E-state index contributed by atoms with van der Waals surface area (Å²) in [7, 11) is 1.80.